The molecule has 2 rings (SSSR count). The maximum Gasteiger partial charge on any atom is 0.0587 e. The predicted molar refractivity (Wildman–Crippen MR) is 79.1 cm³/mol. The van der Waals surface area contributed by atoms with Crippen LogP contribution in [0.1, 0.15) is 25.3 Å². The minimum absolute atomic E-state index is 0.179. The number of hydrogen-bond acceptors (Lipinski definition) is 3. The van der Waals surface area contributed by atoms with Crippen molar-refractivity contribution in [2.45, 2.75) is 43.5 Å². The molecule has 3 atom stereocenters. The Kier molecular flexibility index (Phi) is 5.54. The Balaban J connectivity index is 1.88. The van der Waals surface area contributed by atoms with Gasteiger partial charge in [-0.05, 0) is 30.6 Å². The molecule has 2 N–H and O–H groups in total. The van der Waals surface area contributed by atoms with E-state index in [2.05, 4.69) is 36.5 Å². The fourth-order valence-corrected chi connectivity index (χ4v) is 3.67. The summed E-state index contributed by atoms with van der Waals surface area (Å²) >= 11 is 2.04. The Labute approximate surface area is 114 Å². The van der Waals surface area contributed by atoms with Gasteiger partial charge < -0.3 is 10.4 Å². The largest absolute Gasteiger partial charge is 0.395 e. The highest BCUT2D eigenvalue weighted by atomic mass is 32.2. The summed E-state index contributed by atoms with van der Waals surface area (Å²) in [6.45, 7) is 2.50. The molecule has 1 aliphatic heterocycles. The molecular weight excluding hydrogens is 242 g/mol. The van der Waals surface area contributed by atoms with Crippen LogP contribution in [0.25, 0.3) is 0 Å². The van der Waals surface area contributed by atoms with Crippen LogP contribution in [0.5, 0.6) is 0 Å². The third-order valence-electron chi connectivity index (χ3n) is 3.60. The number of nitrogens with one attached hydrogen (secondary N) is 1. The van der Waals surface area contributed by atoms with Gasteiger partial charge in [-0.2, -0.15) is 11.8 Å². The van der Waals surface area contributed by atoms with E-state index in [1.165, 1.54) is 24.2 Å². The smallest absolute Gasteiger partial charge is 0.0587 e. The monoisotopic (exact) mass is 265 g/mol. The Morgan fingerprint density at radius 3 is 2.83 bits per heavy atom. The van der Waals surface area contributed by atoms with Gasteiger partial charge in [0.25, 0.3) is 0 Å². The van der Waals surface area contributed by atoms with Crippen molar-refractivity contribution in [1.29, 1.82) is 0 Å². The molecule has 1 heterocycles. The van der Waals surface area contributed by atoms with Gasteiger partial charge >= 0.3 is 0 Å². The van der Waals surface area contributed by atoms with Crippen LogP contribution in [0.15, 0.2) is 30.3 Å². The second kappa shape index (κ2) is 7.17. The fourth-order valence-electron chi connectivity index (χ4n) is 2.52. The minimum Gasteiger partial charge on any atom is -0.395 e. The van der Waals surface area contributed by atoms with Gasteiger partial charge in [0.1, 0.15) is 0 Å². The van der Waals surface area contributed by atoms with Crippen molar-refractivity contribution >= 4 is 11.8 Å². The van der Waals surface area contributed by atoms with Crippen LogP contribution in [0.3, 0.4) is 0 Å². The van der Waals surface area contributed by atoms with Crippen molar-refractivity contribution < 1.29 is 5.11 Å². The lowest BCUT2D eigenvalue weighted by Crippen LogP contribution is -2.47. The number of aliphatic hydroxyl groups excluding tert-OH is 1. The standard InChI is InChI=1S/C15H23NOS/c1-12-15(8-5-9-18-12)16-14(11-17)10-13-6-3-2-4-7-13/h2-4,6-7,12,14-17H,5,8-11H2,1H3. The van der Waals surface area contributed by atoms with Gasteiger partial charge in [0.2, 0.25) is 0 Å². The van der Waals surface area contributed by atoms with Crippen molar-refractivity contribution in [1.82, 2.24) is 5.32 Å². The van der Waals surface area contributed by atoms with Gasteiger partial charge in [0.15, 0.2) is 0 Å². The highest BCUT2D eigenvalue weighted by Gasteiger charge is 2.24. The fraction of sp³-hybridized carbons (Fsp3) is 0.600. The number of rotatable bonds is 5. The molecule has 100 valence electrons. The molecule has 0 amide bonds. The first kappa shape index (κ1) is 13.9. The zero-order valence-corrected chi connectivity index (χ0v) is 11.8. The first-order valence-electron chi connectivity index (χ1n) is 6.82. The Morgan fingerprint density at radius 1 is 1.39 bits per heavy atom. The summed E-state index contributed by atoms with van der Waals surface area (Å²) in [5, 5.41) is 13.8. The van der Waals surface area contributed by atoms with E-state index in [4.69, 9.17) is 0 Å². The van der Waals surface area contributed by atoms with E-state index in [-0.39, 0.29) is 12.6 Å². The lowest BCUT2D eigenvalue weighted by molar-refractivity contribution is 0.226. The number of benzene rings is 1. The summed E-state index contributed by atoms with van der Waals surface area (Å²) in [7, 11) is 0. The van der Waals surface area contributed by atoms with Gasteiger partial charge in [-0.3, -0.25) is 0 Å². The molecule has 0 saturated carbocycles. The SMILES string of the molecule is CC1SCCCC1NC(CO)Cc1ccccc1. The van der Waals surface area contributed by atoms with Crippen LogP contribution in [-0.2, 0) is 6.42 Å². The van der Waals surface area contributed by atoms with Crippen LogP contribution in [0.4, 0.5) is 0 Å². The molecule has 0 bridgehead atoms. The van der Waals surface area contributed by atoms with Crippen LogP contribution in [0.2, 0.25) is 0 Å². The Hall–Kier alpha value is -0.510. The highest BCUT2D eigenvalue weighted by Crippen LogP contribution is 2.25. The van der Waals surface area contributed by atoms with Crippen molar-refractivity contribution in [3.8, 4) is 0 Å². The topological polar surface area (TPSA) is 32.3 Å². The van der Waals surface area contributed by atoms with Crippen LogP contribution in [-0.4, -0.2) is 34.8 Å². The normalized spacial score (nSPS) is 25.9. The lowest BCUT2D eigenvalue weighted by Gasteiger charge is -2.32. The van der Waals surface area contributed by atoms with E-state index in [9.17, 15) is 5.11 Å². The molecule has 0 radical (unpaired) electrons. The molecule has 0 aromatic heterocycles. The van der Waals surface area contributed by atoms with Crippen LogP contribution >= 0.6 is 11.8 Å². The summed E-state index contributed by atoms with van der Waals surface area (Å²) in [6.07, 6.45) is 3.43. The maximum atomic E-state index is 9.53. The van der Waals surface area contributed by atoms with Crippen LogP contribution < -0.4 is 5.32 Å². The molecule has 1 saturated heterocycles. The van der Waals surface area contributed by atoms with Gasteiger partial charge in [0, 0.05) is 17.3 Å². The quantitative estimate of drug-likeness (QED) is 0.858. The third kappa shape index (κ3) is 4.01. The van der Waals surface area contributed by atoms with Gasteiger partial charge in [-0.15, -0.1) is 0 Å². The first-order chi connectivity index (χ1) is 8.79. The Morgan fingerprint density at radius 2 is 2.17 bits per heavy atom. The van der Waals surface area contributed by atoms with Crippen molar-refractivity contribution in [2.75, 3.05) is 12.4 Å². The number of hydrogen-bond donors (Lipinski definition) is 2. The average molecular weight is 265 g/mol. The molecular formula is C15H23NOS. The maximum absolute atomic E-state index is 9.53. The molecule has 0 aliphatic carbocycles. The van der Waals surface area contributed by atoms with E-state index in [0.29, 0.717) is 11.3 Å². The molecule has 1 fully saturated rings. The van der Waals surface area contributed by atoms with Crippen molar-refractivity contribution in [3.63, 3.8) is 0 Å². The van der Waals surface area contributed by atoms with E-state index in [0.717, 1.165) is 6.42 Å². The predicted octanol–water partition coefficient (Wildman–Crippen LogP) is 2.46. The zero-order valence-electron chi connectivity index (χ0n) is 11.0. The summed E-state index contributed by atoms with van der Waals surface area (Å²) in [5.74, 6) is 1.28. The van der Waals surface area contributed by atoms with Gasteiger partial charge in [-0.25, -0.2) is 0 Å². The lowest BCUT2D eigenvalue weighted by atomic mass is 10.0. The zero-order chi connectivity index (χ0) is 12.8. The van der Waals surface area contributed by atoms with Gasteiger partial charge in [-0.1, -0.05) is 37.3 Å². The van der Waals surface area contributed by atoms with E-state index in [1.807, 2.05) is 17.8 Å². The minimum atomic E-state index is 0.179. The highest BCUT2D eigenvalue weighted by molar-refractivity contribution is 7.99. The first-order valence-corrected chi connectivity index (χ1v) is 7.87. The van der Waals surface area contributed by atoms with Crippen molar-refractivity contribution in [2.24, 2.45) is 0 Å². The van der Waals surface area contributed by atoms with E-state index < -0.39 is 0 Å². The second-order valence-electron chi connectivity index (χ2n) is 5.06. The average Bonchev–Trinajstić information content (AvgIpc) is 2.41. The molecule has 3 unspecified atom stereocenters. The molecule has 1 aliphatic rings. The molecule has 2 nitrogen and oxygen atoms in total. The van der Waals surface area contributed by atoms with Crippen molar-refractivity contribution in [3.05, 3.63) is 35.9 Å². The van der Waals surface area contributed by atoms with E-state index >= 15 is 0 Å². The molecule has 1 aromatic rings. The molecule has 3 heteroatoms. The van der Waals surface area contributed by atoms with Gasteiger partial charge in [0.05, 0.1) is 6.61 Å². The molecule has 1 aromatic carbocycles. The summed E-state index contributed by atoms with van der Waals surface area (Å²) < 4.78 is 0. The molecule has 0 spiro atoms. The van der Waals surface area contributed by atoms with E-state index in [1.54, 1.807) is 0 Å². The third-order valence-corrected chi connectivity index (χ3v) is 4.98. The summed E-state index contributed by atoms with van der Waals surface area (Å²) in [5.41, 5.74) is 1.29. The molecule has 18 heavy (non-hydrogen) atoms. The Bertz CT molecular complexity index is 344. The number of thioether (sulfide) groups is 1. The summed E-state index contributed by atoms with van der Waals surface area (Å²) in [6, 6.07) is 11.1. The summed E-state index contributed by atoms with van der Waals surface area (Å²) in [4.78, 5) is 0. The van der Waals surface area contributed by atoms with Crippen LogP contribution in [0, 0.1) is 0 Å². The number of aliphatic hydroxyl groups is 1. The second-order valence-corrected chi connectivity index (χ2v) is 6.55.